The third-order valence-electron chi connectivity index (χ3n) is 3.21. The smallest absolute Gasteiger partial charge is 0.164 e. The molecule has 0 aromatic heterocycles. The predicted molar refractivity (Wildman–Crippen MR) is 68.2 cm³/mol. The van der Waals surface area contributed by atoms with Crippen molar-refractivity contribution >= 4 is 0 Å². The highest BCUT2D eigenvalue weighted by Crippen LogP contribution is 2.42. The number of hydrogen-bond acceptors (Lipinski definition) is 3. The molecule has 3 nitrogen and oxygen atoms in total. The van der Waals surface area contributed by atoms with E-state index in [0.717, 1.165) is 23.3 Å². The minimum atomic E-state index is 0.0210. The number of hydrogen-bond donors (Lipinski definition) is 1. The van der Waals surface area contributed by atoms with Gasteiger partial charge in [0.15, 0.2) is 11.5 Å². The molecule has 0 aliphatic carbocycles. The highest BCUT2D eigenvalue weighted by molar-refractivity contribution is 5.52. The summed E-state index contributed by atoms with van der Waals surface area (Å²) in [4.78, 5) is 0. The summed E-state index contributed by atoms with van der Waals surface area (Å²) in [5.74, 6) is 1.40. The molecule has 0 fully saturated rings. The van der Waals surface area contributed by atoms with Crippen molar-refractivity contribution in [1.29, 1.82) is 0 Å². The van der Waals surface area contributed by atoms with Crippen LogP contribution >= 0.6 is 0 Å². The van der Waals surface area contributed by atoms with Crippen LogP contribution in [0.3, 0.4) is 0 Å². The van der Waals surface area contributed by atoms with Crippen molar-refractivity contribution in [3.63, 3.8) is 0 Å². The molecule has 92 valence electrons. The SMILES string of the molecule is COc1cc2c(cc1O)CC(c1ccccc1)O2. The Morgan fingerprint density at radius 1 is 1.22 bits per heavy atom. The summed E-state index contributed by atoms with van der Waals surface area (Å²) in [6, 6.07) is 13.5. The number of phenols is 1. The van der Waals surface area contributed by atoms with Crippen LogP contribution in [0.1, 0.15) is 17.2 Å². The van der Waals surface area contributed by atoms with Gasteiger partial charge in [-0.25, -0.2) is 0 Å². The molecule has 0 bridgehead atoms. The van der Waals surface area contributed by atoms with E-state index in [1.807, 2.05) is 30.3 Å². The van der Waals surface area contributed by atoms with Crippen molar-refractivity contribution in [2.45, 2.75) is 12.5 Å². The van der Waals surface area contributed by atoms with Crippen LogP contribution in [0, 0.1) is 0 Å². The summed E-state index contributed by atoms with van der Waals surface area (Å²) in [7, 11) is 1.53. The van der Waals surface area contributed by atoms with Crippen molar-refractivity contribution in [1.82, 2.24) is 0 Å². The molecule has 1 aliphatic heterocycles. The lowest BCUT2D eigenvalue weighted by atomic mass is 10.0. The lowest BCUT2D eigenvalue weighted by Gasteiger charge is -2.10. The third kappa shape index (κ3) is 1.78. The Kier molecular flexibility index (Phi) is 2.59. The van der Waals surface area contributed by atoms with Crippen molar-refractivity contribution in [3.8, 4) is 17.2 Å². The van der Waals surface area contributed by atoms with Gasteiger partial charge < -0.3 is 14.6 Å². The van der Waals surface area contributed by atoms with E-state index in [9.17, 15) is 5.11 Å². The molecule has 1 aliphatic rings. The fourth-order valence-corrected chi connectivity index (χ4v) is 2.27. The lowest BCUT2D eigenvalue weighted by molar-refractivity contribution is 0.237. The Morgan fingerprint density at radius 2 is 2.00 bits per heavy atom. The molecule has 0 saturated heterocycles. The molecule has 18 heavy (non-hydrogen) atoms. The molecule has 1 N–H and O–H groups in total. The van der Waals surface area contributed by atoms with Crippen LogP contribution in [-0.4, -0.2) is 12.2 Å². The molecule has 2 aromatic carbocycles. The average Bonchev–Trinajstić information content (AvgIpc) is 2.81. The van der Waals surface area contributed by atoms with Crippen LogP contribution in [0.25, 0.3) is 0 Å². The molecule has 0 radical (unpaired) electrons. The highest BCUT2D eigenvalue weighted by Gasteiger charge is 2.26. The summed E-state index contributed by atoms with van der Waals surface area (Å²) in [6.07, 6.45) is 0.796. The van der Waals surface area contributed by atoms with E-state index in [1.165, 1.54) is 7.11 Å². The van der Waals surface area contributed by atoms with Crippen molar-refractivity contribution < 1.29 is 14.6 Å². The van der Waals surface area contributed by atoms with Gasteiger partial charge in [-0.2, -0.15) is 0 Å². The topological polar surface area (TPSA) is 38.7 Å². The van der Waals surface area contributed by atoms with Crippen LogP contribution in [0.5, 0.6) is 17.2 Å². The van der Waals surface area contributed by atoms with Gasteiger partial charge in [0.2, 0.25) is 0 Å². The molecule has 0 amide bonds. The first-order valence-corrected chi connectivity index (χ1v) is 5.89. The van der Waals surface area contributed by atoms with Gasteiger partial charge in [-0.1, -0.05) is 30.3 Å². The Bertz CT molecular complexity index is 563. The van der Waals surface area contributed by atoms with E-state index in [2.05, 4.69) is 0 Å². The molecule has 1 atom stereocenters. The summed E-state index contributed by atoms with van der Waals surface area (Å²) >= 11 is 0. The second-order valence-corrected chi connectivity index (χ2v) is 4.35. The Balaban J connectivity index is 1.92. The van der Waals surface area contributed by atoms with E-state index in [4.69, 9.17) is 9.47 Å². The zero-order valence-corrected chi connectivity index (χ0v) is 10.1. The molecular weight excluding hydrogens is 228 g/mol. The van der Waals surface area contributed by atoms with Gasteiger partial charge in [-0.05, 0) is 11.6 Å². The number of aromatic hydroxyl groups is 1. The maximum absolute atomic E-state index is 9.75. The molecule has 1 heterocycles. The number of benzene rings is 2. The van der Waals surface area contributed by atoms with Crippen molar-refractivity contribution in [2.75, 3.05) is 7.11 Å². The van der Waals surface area contributed by atoms with Crippen LogP contribution < -0.4 is 9.47 Å². The third-order valence-corrected chi connectivity index (χ3v) is 3.21. The quantitative estimate of drug-likeness (QED) is 0.879. The second kappa shape index (κ2) is 4.26. The van der Waals surface area contributed by atoms with E-state index in [0.29, 0.717) is 5.75 Å². The highest BCUT2D eigenvalue weighted by atomic mass is 16.5. The van der Waals surface area contributed by atoms with Crippen LogP contribution in [0.15, 0.2) is 42.5 Å². The van der Waals surface area contributed by atoms with E-state index in [1.54, 1.807) is 12.1 Å². The van der Waals surface area contributed by atoms with Crippen molar-refractivity contribution in [3.05, 3.63) is 53.6 Å². The second-order valence-electron chi connectivity index (χ2n) is 4.35. The number of rotatable bonds is 2. The van der Waals surface area contributed by atoms with Gasteiger partial charge in [0.1, 0.15) is 11.9 Å². The first kappa shape index (κ1) is 11.0. The maximum atomic E-state index is 9.75. The summed E-state index contributed by atoms with van der Waals surface area (Å²) in [6.45, 7) is 0. The lowest BCUT2D eigenvalue weighted by Crippen LogP contribution is -2.02. The van der Waals surface area contributed by atoms with Crippen molar-refractivity contribution in [2.24, 2.45) is 0 Å². The molecule has 0 saturated carbocycles. The maximum Gasteiger partial charge on any atom is 0.164 e. The molecule has 3 rings (SSSR count). The minimum Gasteiger partial charge on any atom is -0.504 e. The first-order valence-electron chi connectivity index (χ1n) is 5.89. The zero-order chi connectivity index (χ0) is 12.5. The predicted octanol–water partition coefficient (Wildman–Crippen LogP) is 3.08. The Morgan fingerprint density at radius 3 is 2.72 bits per heavy atom. The van der Waals surface area contributed by atoms with E-state index >= 15 is 0 Å². The fourth-order valence-electron chi connectivity index (χ4n) is 2.27. The number of fused-ring (bicyclic) bond motifs is 1. The number of methoxy groups -OCH3 is 1. The summed E-state index contributed by atoms with van der Waals surface area (Å²) in [5, 5.41) is 9.75. The first-order chi connectivity index (χ1) is 8.78. The number of ether oxygens (including phenoxy) is 2. The van der Waals surface area contributed by atoms with Gasteiger partial charge in [0, 0.05) is 18.1 Å². The van der Waals surface area contributed by atoms with Crippen LogP contribution in [0.4, 0.5) is 0 Å². The van der Waals surface area contributed by atoms with Crippen LogP contribution in [-0.2, 0) is 6.42 Å². The van der Waals surface area contributed by atoms with Gasteiger partial charge >= 0.3 is 0 Å². The molecule has 2 aromatic rings. The van der Waals surface area contributed by atoms with Gasteiger partial charge in [-0.3, -0.25) is 0 Å². The minimum absolute atomic E-state index is 0.0210. The molecular formula is C15H14O3. The standard InChI is InChI=1S/C15H14O3/c1-17-15-9-14-11(7-12(15)16)8-13(18-14)10-5-3-2-4-6-10/h2-7,9,13,16H,8H2,1H3. The molecule has 3 heteroatoms. The van der Waals surface area contributed by atoms with E-state index < -0.39 is 0 Å². The van der Waals surface area contributed by atoms with Gasteiger partial charge in [-0.15, -0.1) is 0 Å². The van der Waals surface area contributed by atoms with E-state index in [-0.39, 0.29) is 11.9 Å². The number of phenolic OH excluding ortho intramolecular Hbond substituents is 1. The molecule has 1 unspecified atom stereocenters. The Labute approximate surface area is 106 Å². The monoisotopic (exact) mass is 242 g/mol. The van der Waals surface area contributed by atoms with Crippen LogP contribution in [0.2, 0.25) is 0 Å². The largest absolute Gasteiger partial charge is 0.504 e. The zero-order valence-electron chi connectivity index (χ0n) is 10.1. The summed E-state index contributed by atoms with van der Waals surface area (Å²) < 4.78 is 11.0. The van der Waals surface area contributed by atoms with Gasteiger partial charge in [0.05, 0.1) is 7.11 Å². The van der Waals surface area contributed by atoms with Gasteiger partial charge in [0.25, 0.3) is 0 Å². The Hall–Kier alpha value is -2.16. The summed E-state index contributed by atoms with van der Waals surface area (Å²) in [5.41, 5.74) is 2.16. The fraction of sp³-hybridized carbons (Fsp3) is 0.200. The molecule has 0 spiro atoms. The normalized spacial score (nSPS) is 17.1. The average molecular weight is 242 g/mol.